The maximum atomic E-state index is 5.66. The highest BCUT2D eigenvalue weighted by Crippen LogP contribution is 2.24. The number of aromatic nitrogens is 4. The first-order valence-electron chi connectivity index (χ1n) is 8.86. The van der Waals surface area contributed by atoms with E-state index >= 15 is 0 Å². The molecule has 2 aromatic heterocycles. The smallest absolute Gasteiger partial charge is 0.227 e. The largest absolute Gasteiger partial charge is 0.378 e. The monoisotopic (exact) mass is 359 g/mol. The summed E-state index contributed by atoms with van der Waals surface area (Å²) in [5, 5.41) is 4.31. The van der Waals surface area contributed by atoms with Gasteiger partial charge in [-0.1, -0.05) is 0 Å². The van der Waals surface area contributed by atoms with Gasteiger partial charge in [-0.25, -0.2) is 4.98 Å². The number of anilines is 2. The van der Waals surface area contributed by atoms with Gasteiger partial charge in [0.2, 0.25) is 5.95 Å². The Hall–Kier alpha value is -2.19. The van der Waals surface area contributed by atoms with Gasteiger partial charge in [0.05, 0.1) is 18.3 Å². The normalized spacial score (nSPS) is 20.2. The Kier molecular flexibility index (Phi) is 5.43. The molecule has 1 saturated heterocycles. The number of aryl methyl sites for hydroxylation is 1. The molecule has 0 bridgehead atoms. The predicted octanol–water partition coefficient (Wildman–Crippen LogP) is 0.920. The van der Waals surface area contributed by atoms with Crippen molar-refractivity contribution in [2.75, 3.05) is 51.1 Å². The van der Waals surface area contributed by atoms with E-state index in [9.17, 15) is 0 Å². The molecule has 0 spiro atoms. The standard InChI is InChI=1S/C18H29N7O/c1-13-14(9-20-24(13)5)10-23(4)18-19-8-7-17(21-18)25-11-15(22(2)3)16(12-25)26-6/h7-9,15-16H,10-12H2,1-6H3/t15-,16+/m0/s1. The van der Waals surface area contributed by atoms with Gasteiger partial charge >= 0.3 is 0 Å². The number of ether oxygens (including phenoxy) is 1. The molecule has 1 aliphatic heterocycles. The Labute approximate surface area is 155 Å². The van der Waals surface area contributed by atoms with E-state index < -0.39 is 0 Å². The Balaban J connectivity index is 1.75. The lowest BCUT2D eigenvalue weighted by atomic mass is 10.2. The van der Waals surface area contributed by atoms with Crippen molar-refractivity contribution in [3.05, 3.63) is 29.7 Å². The molecule has 0 amide bonds. The molecule has 0 aromatic carbocycles. The van der Waals surface area contributed by atoms with Gasteiger partial charge in [0.1, 0.15) is 5.82 Å². The second-order valence-electron chi connectivity index (χ2n) is 7.16. The maximum absolute atomic E-state index is 5.66. The Bertz CT molecular complexity index is 745. The lowest BCUT2D eigenvalue weighted by Crippen LogP contribution is -2.39. The van der Waals surface area contributed by atoms with Crippen LogP contribution in [0.25, 0.3) is 0 Å². The van der Waals surface area contributed by atoms with Crippen LogP contribution < -0.4 is 9.80 Å². The third kappa shape index (κ3) is 3.66. The van der Waals surface area contributed by atoms with Crippen LogP contribution in [-0.2, 0) is 18.3 Å². The van der Waals surface area contributed by atoms with E-state index in [1.807, 2.05) is 37.2 Å². The predicted molar refractivity (Wildman–Crippen MR) is 103 cm³/mol. The number of nitrogens with zero attached hydrogens (tertiary/aromatic N) is 7. The van der Waals surface area contributed by atoms with Crippen LogP contribution in [0.1, 0.15) is 11.3 Å². The number of rotatable bonds is 6. The molecule has 0 unspecified atom stereocenters. The Morgan fingerprint density at radius 2 is 2.04 bits per heavy atom. The van der Waals surface area contributed by atoms with Crippen LogP contribution in [0.3, 0.4) is 0 Å². The van der Waals surface area contributed by atoms with Crippen molar-refractivity contribution in [3.8, 4) is 0 Å². The summed E-state index contributed by atoms with van der Waals surface area (Å²) < 4.78 is 7.55. The van der Waals surface area contributed by atoms with E-state index in [0.29, 0.717) is 12.0 Å². The number of methoxy groups -OCH3 is 1. The summed E-state index contributed by atoms with van der Waals surface area (Å²) in [6, 6.07) is 2.33. The number of hydrogen-bond acceptors (Lipinski definition) is 7. The molecule has 1 fully saturated rings. The average Bonchev–Trinajstić information content (AvgIpc) is 3.21. The molecule has 0 saturated carbocycles. The van der Waals surface area contributed by atoms with Gasteiger partial charge in [0, 0.05) is 58.3 Å². The van der Waals surface area contributed by atoms with Crippen LogP contribution in [0.4, 0.5) is 11.8 Å². The minimum Gasteiger partial charge on any atom is -0.378 e. The second-order valence-corrected chi connectivity index (χ2v) is 7.16. The topological polar surface area (TPSA) is 62.6 Å². The lowest BCUT2D eigenvalue weighted by molar-refractivity contribution is 0.0639. The molecule has 3 heterocycles. The van der Waals surface area contributed by atoms with Gasteiger partial charge < -0.3 is 19.4 Å². The fourth-order valence-electron chi connectivity index (χ4n) is 3.40. The fraction of sp³-hybridized carbons (Fsp3) is 0.611. The molecule has 142 valence electrons. The van der Waals surface area contributed by atoms with Crippen molar-refractivity contribution in [3.63, 3.8) is 0 Å². The first-order valence-corrected chi connectivity index (χ1v) is 8.86. The molecule has 2 atom stereocenters. The van der Waals surface area contributed by atoms with Crippen LogP contribution in [0.2, 0.25) is 0 Å². The first kappa shape index (κ1) is 18.6. The minimum atomic E-state index is 0.180. The lowest BCUT2D eigenvalue weighted by Gasteiger charge is -2.23. The summed E-state index contributed by atoms with van der Waals surface area (Å²) >= 11 is 0. The molecule has 0 N–H and O–H groups in total. The zero-order valence-corrected chi connectivity index (χ0v) is 16.5. The van der Waals surface area contributed by atoms with Crippen LogP contribution in [0.5, 0.6) is 0 Å². The number of hydrogen-bond donors (Lipinski definition) is 0. The molecular formula is C18H29N7O. The third-order valence-electron chi connectivity index (χ3n) is 5.24. The van der Waals surface area contributed by atoms with E-state index in [1.54, 1.807) is 7.11 Å². The highest BCUT2D eigenvalue weighted by atomic mass is 16.5. The van der Waals surface area contributed by atoms with Crippen molar-refractivity contribution in [2.24, 2.45) is 7.05 Å². The van der Waals surface area contributed by atoms with Crippen molar-refractivity contribution < 1.29 is 4.74 Å². The minimum absolute atomic E-state index is 0.180. The van der Waals surface area contributed by atoms with Gasteiger partial charge in [0.15, 0.2) is 0 Å². The van der Waals surface area contributed by atoms with Gasteiger partial charge in [-0.3, -0.25) is 4.68 Å². The summed E-state index contributed by atoms with van der Waals surface area (Å²) in [5.74, 6) is 1.66. The molecular weight excluding hydrogens is 330 g/mol. The summed E-state index contributed by atoms with van der Waals surface area (Å²) in [5.41, 5.74) is 2.33. The fourth-order valence-corrected chi connectivity index (χ4v) is 3.40. The Morgan fingerprint density at radius 3 is 2.62 bits per heavy atom. The van der Waals surface area contributed by atoms with Crippen LogP contribution in [0.15, 0.2) is 18.5 Å². The van der Waals surface area contributed by atoms with Crippen LogP contribution >= 0.6 is 0 Å². The summed E-state index contributed by atoms with van der Waals surface area (Å²) in [6.45, 7) is 4.53. The SMILES string of the molecule is CO[C@@H]1CN(c2ccnc(N(C)Cc3cnn(C)c3C)n2)C[C@@H]1N(C)C. The van der Waals surface area contributed by atoms with Gasteiger partial charge in [-0.2, -0.15) is 10.1 Å². The molecule has 8 heteroatoms. The van der Waals surface area contributed by atoms with E-state index in [-0.39, 0.29) is 6.10 Å². The van der Waals surface area contributed by atoms with Crippen molar-refractivity contribution in [1.82, 2.24) is 24.6 Å². The maximum Gasteiger partial charge on any atom is 0.227 e. The molecule has 26 heavy (non-hydrogen) atoms. The molecule has 1 aliphatic rings. The quantitative estimate of drug-likeness (QED) is 0.760. The first-order chi connectivity index (χ1) is 12.4. The molecule has 8 nitrogen and oxygen atoms in total. The van der Waals surface area contributed by atoms with Crippen LogP contribution in [-0.4, -0.2) is 78.1 Å². The van der Waals surface area contributed by atoms with Gasteiger partial charge in [0.25, 0.3) is 0 Å². The van der Waals surface area contributed by atoms with E-state index in [1.165, 1.54) is 5.56 Å². The average molecular weight is 359 g/mol. The van der Waals surface area contributed by atoms with Gasteiger partial charge in [-0.05, 0) is 27.1 Å². The Morgan fingerprint density at radius 1 is 1.27 bits per heavy atom. The van der Waals surface area contributed by atoms with E-state index in [0.717, 1.165) is 31.1 Å². The summed E-state index contributed by atoms with van der Waals surface area (Å²) in [7, 11) is 9.93. The zero-order chi connectivity index (χ0) is 18.8. The number of likely N-dealkylation sites (N-methyl/N-ethyl adjacent to an activating group) is 1. The van der Waals surface area contributed by atoms with Gasteiger partial charge in [-0.15, -0.1) is 0 Å². The molecule has 0 radical (unpaired) electrons. The highest BCUT2D eigenvalue weighted by Gasteiger charge is 2.35. The second kappa shape index (κ2) is 7.59. The third-order valence-corrected chi connectivity index (χ3v) is 5.24. The molecule has 2 aromatic rings. The highest BCUT2D eigenvalue weighted by molar-refractivity contribution is 5.45. The zero-order valence-electron chi connectivity index (χ0n) is 16.5. The summed E-state index contributed by atoms with van der Waals surface area (Å²) in [4.78, 5) is 15.8. The van der Waals surface area contributed by atoms with E-state index in [2.05, 4.69) is 45.8 Å². The van der Waals surface area contributed by atoms with Crippen LogP contribution in [0, 0.1) is 6.92 Å². The molecule has 3 rings (SSSR count). The summed E-state index contributed by atoms with van der Waals surface area (Å²) in [6.07, 6.45) is 3.91. The van der Waals surface area contributed by atoms with Crippen molar-refractivity contribution in [2.45, 2.75) is 25.6 Å². The van der Waals surface area contributed by atoms with Crippen molar-refractivity contribution in [1.29, 1.82) is 0 Å². The van der Waals surface area contributed by atoms with E-state index in [4.69, 9.17) is 9.72 Å². The molecule has 0 aliphatic carbocycles. The van der Waals surface area contributed by atoms with Crippen molar-refractivity contribution >= 4 is 11.8 Å².